The number of carbonyl (C=O) groups excluding carboxylic acids is 2. The van der Waals surface area contributed by atoms with Gasteiger partial charge in [-0.1, -0.05) is 0 Å². The summed E-state index contributed by atoms with van der Waals surface area (Å²) < 4.78 is 10.8. The average molecular weight is 324 g/mol. The lowest BCUT2D eigenvalue weighted by Crippen LogP contribution is -2.47. The van der Waals surface area contributed by atoms with Gasteiger partial charge >= 0.3 is 0 Å². The predicted molar refractivity (Wildman–Crippen MR) is 84.9 cm³/mol. The maximum atomic E-state index is 12.5. The summed E-state index contributed by atoms with van der Waals surface area (Å²) in [6, 6.07) is 0. The molecular formula is C17H28N2O4. The molecule has 0 radical (unpaired) electrons. The molecule has 0 aromatic carbocycles. The van der Waals surface area contributed by atoms with Crippen molar-refractivity contribution in [3.8, 4) is 0 Å². The van der Waals surface area contributed by atoms with Gasteiger partial charge in [-0.05, 0) is 31.6 Å². The zero-order valence-corrected chi connectivity index (χ0v) is 13.9. The topological polar surface area (TPSA) is 59.1 Å². The van der Waals surface area contributed by atoms with Crippen molar-refractivity contribution in [2.75, 3.05) is 52.6 Å². The van der Waals surface area contributed by atoms with Crippen LogP contribution in [0.1, 0.15) is 32.1 Å². The van der Waals surface area contributed by atoms with Gasteiger partial charge in [-0.3, -0.25) is 9.59 Å². The molecule has 3 aliphatic heterocycles. The summed E-state index contributed by atoms with van der Waals surface area (Å²) in [5.74, 6) is 0.943. The fourth-order valence-electron chi connectivity index (χ4n) is 3.76. The van der Waals surface area contributed by atoms with Crippen molar-refractivity contribution >= 4 is 11.8 Å². The number of hydrogen-bond acceptors (Lipinski definition) is 4. The summed E-state index contributed by atoms with van der Waals surface area (Å²) in [5.41, 5.74) is 0. The minimum atomic E-state index is 0.0789. The highest BCUT2D eigenvalue weighted by atomic mass is 16.5. The summed E-state index contributed by atoms with van der Waals surface area (Å²) in [6.45, 7) is 5.69. The molecule has 3 heterocycles. The van der Waals surface area contributed by atoms with E-state index < -0.39 is 0 Å². The molecule has 0 aromatic rings. The van der Waals surface area contributed by atoms with Crippen LogP contribution < -0.4 is 0 Å². The molecule has 2 amide bonds. The molecule has 0 aromatic heterocycles. The van der Waals surface area contributed by atoms with E-state index in [9.17, 15) is 9.59 Å². The lowest BCUT2D eigenvalue weighted by molar-refractivity contribution is -0.144. The van der Waals surface area contributed by atoms with Gasteiger partial charge in [-0.15, -0.1) is 0 Å². The van der Waals surface area contributed by atoms with Crippen molar-refractivity contribution in [3.05, 3.63) is 0 Å². The predicted octanol–water partition coefficient (Wildman–Crippen LogP) is 0.901. The number of morpholine rings is 1. The average Bonchev–Trinajstić information content (AvgIpc) is 2.63. The third-order valence-electron chi connectivity index (χ3n) is 5.24. The van der Waals surface area contributed by atoms with Crippen LogP contribution in [0, 0.1) is 11.8 Å². The largest absolute Gasteiger partial charge is 0.381 e. The third-order valence-corrected chi connectivity index (χ3v) is 5.24. The van der Waals surface area contributed by atoms with E-state index in [-0.39, 0.29) is 17.7 Å². The van der Waals surface area contributed by atoms with E-state index >= 15 is 0 Å². The second-order valence-corrected chi connectivity index (χ2v) is 6.88. The number of carbonyl (C=O) groups is 2. The molecule has 0 N–H and O–H groups in total. The van der Waals surface area contributed by atoms with Gasteiger partial charge in [0.15, 0.2) is 0 Å². The van der Waals surface area contributed by atoms with Gasteiger partial charge in [0, 0.05) is 51.7 Å². The fraction of sp³-hybridized carbons (Fsp3) is 0.882. The Labute approximate surface area is 138 Å². The Kier molecular flexibility index (Phi) is 5.89. The number of amides is 2. The molecule has 0 spiro atoms. The number of likely N-dealkylation sites (tertiary alicyclic amines) is 1. The normalized spacial score (nSPS) is 27.0. The molecule has 3 fully saturated rings. The molecule has 1 unspecified atom stereocenters. The van der Waals surface area contributed by atoms with Crippen LogP contribution in [0.5, 0.6) is 0 Å². The third kappa shape index (κ3) is 4.44. The Bertz CT molecular complexity index is 409. The van der Waals surface area contributed by atoms with Gasteiger partial charge in [-0.25, -0.2) is 0 Å². The number of ether oxygens (including phenoxy) is 2. The summed E-state index contributed by atoms with van der Waals surface area (Å²) in [5, 5.41) is 0. The second kappa shape index (κ2) is 8.11. The minimum absolute atomic E-state index is 0.0789. The van der Waals surface area contributed by atoms with Crippen molar-refractivity contribution in [2.24, 2.45) is 11.8 Å². The molecule has 3 rings (SSSR count). The van der Waals surface area contributed by atoms with Crippen LogP contribution in [0.3, 0.4) is 0 Å². The van der Waals surface area contributed by atoms with Gasteiger partial charge in [0.2, 0.25) is 11.8 Å². The Balaban J connectivity index is 1.42. The molecule has 0 aliphatic carbocycles. The van der Waals surface area contributed by atoms with Crippen molar-refractivity contribution in [2.45, 2.75) is 32.1 Å². The highest BCUT2D eigenvalue weighted by Gasteiger charge is 2.31. The van der Waals surface area contributed by atoms with Gasteiger partial charge < -0.3 is 19.3 Å². The number of rotatable bonds is 3. The summed E-state index contributed by atoms with van der Waals surface area (Å²) in [7, 11) is 0. The van der Waals surface area contributed by atoms with Crippen LogP contribution in [0.25, 0.3) is 0 Å². The van der Waals surface area contributed by atoms with E-state index in [4.69, 9.17) is 9.47 Å². The molecule has 1 atom stereocenters. The summed E-state index contributed by atoms with van der Waals surface area (Å²) in [6.07, 6.45) is 4.35. The first-order valence-electron chi connectivity index (χ1n) is 8.96. The molecule has 0 bridgehead atoms. The SMILES string of the molecule is O=C(CC1CCCOC1)N1CCC(C(=O)N2CCOCC2)CC1. The molecule has 23 heavy (non-hydrogen) atoms. The van der Waals surface area contributed by atoms with Gasteiger partial charge in [0.25, 0.3) is 0 Å². The molecule has 3 saturated heterocycles. The maximum absolute atomic E-state index is 12.5. The molecule has 130 valence electrons. The van der Waals surface area contributed by atoms with E-state index in [1.165, 1.54) is 0 Å². The van der Waals surface area contributed by atoms with E-state index in [1.54, 1.807) is 0 Å². The van der Waals surface area contributed by atoms with Crippen molar-refractivity contribution in [3.63, 3.8) is 0 Å². The molecule has 3 aliphatic rings. The standard InChI is InChI=1S/C17H28N2O4/c20-16(12-14-2-1-9-23-13-14)18-5-3-15(4-6-18)17(21)19-7-10-22-11-8-19/h14-15H,1-13H2. The Morgan fingerprint density at radius 3 is 2.26 bits per heavy atom. The van der Waals surface area contributed by atoms with Crippen LogP contribution in [-0.4, -0.2) is 74.2 Å². The summed E-state index contributed by atoms with van der Waals surface area (Å²) in [4.78, 5) is 28.8. The fourth-order valence-corrected chi connectivity index (χ4v) is 3.76. The number of piperidine rings is 1. The molecule has 6 heteroatoms. The van der Waals surface area contributed by atoms with Crippen molar-refractivity contribution in [1.29, 1.82) is 0 Å². The Morgan fingerprint density at radius 1 is 0.870 bits per heavy atom. The smallest absolute Gasteiger partial charge is 0.225 e. The minimum Gasteiger partial charge on any atom is -0.381 e. The van der Waals surface area contributed by atoms with Crippen molar-refractivity contribution in [1.82, 2.24) is 9.80 Å². The van der Waals surface area contributed by atoms with Gasteiger partial charge in [-0.2, -0.15) is 0 Å². The first kappa shape index (κ1) is 16.7. The number of hydrogen-bond donors (Lipinski definition) is 0. The number of nitrogens with zero attached hydrogens (tertiary/aromatic N) is 2. The Morgan fingerprint density at radius 2 is 1.61 bits per heavy atom. The van der Waals surface area contributed by atoms with E-state index in [2.05, 4.69) is 0 Å². The highest BCUT2D eigenvalue weighted by Crippen LogP contribution is 2.23. The van der Waals surface area contributed by atoms with E-state index in [0.29, 0.717) is 51.7 Å². The van der Waals surface area contributed by atoms with Crippen molar-refractivity contribution < 1.29 is 19.1 Å². The van der Waals surface area contributed by atoms with E-state index in [1.807, 2.05) is 9.80 Å². The van der Waals surface area contributed by atoms with Gasteiger partial charge in [0.05, 0.1) is 13.2 Å². The first-order chi connectivity index (χ1) is 11.2. The quantitative estimate of drug-likeness (QED) is 0.774. The van der Waals surface area contributed by atoms with Crippen LogP contribution >= 0.6 is 0 Å². The maximum Gasteiger partial charge on any atom is 0.225 e. The van der Waals surface area contributed by atoms with E-state index in [0.717, 1.165) is 38.9 Å². The lowest BCUT2D eigenvalue weighted by Gasteiger charge is -2.36. The van der Waals surface area contributed by atoms with Crippen LogP contribution in [0.15, 0.2) is 0 Å². The molecule has 0 saturated carbocycles. The first-order valence-corrected chi connectivity index (χ1v) is 8.96. The second-order valence-electron chi connectivity index (χ2n) is 6.88. The zero-order chi connectivity index (χ0) is 16.1. The monoisotopic (exact) mass is 324 g/mol. The molecular weight excluding hydrogens is 296 g/mol. The highest BCUT2D eigenvalue weighted by molar-refractivity contribution is 5.80. The molecule has 6 nitrogen and oxygen atoms in total. The zero-order valence-electron chi connectivity index (χ0n) is 13.9. The summed E-state index contributed by atoms with van der Waals surface area (Å²) >= 11 is 0. The van der Waals surface area contributed by atoms with Gasteiger partial charge in [0.1, 0.15) is 0 Å². The lowest BCUT2D eigenvalue weighted by atomic mass is 9.93. The van der Waals surface area contributed by atoms with Crippen LogP contribution in [0.4, 0.5) is 0 Å². The van der Waals surface area contributed by atoms with Crippen LogP contribution in [-0.2, 0) is 19.1 Å². The van der Waals surface area contributed by atoms with Crippen LogP contribution in [0.2, 0.25) is 0 Å². The Hall–Kier alpha value is -1.14.